The van der Waals surface area contributed by atoms with E-state index in [1.54, 1.807) is 7.11 Å². The number of hydrogen-bond acceptors (Lipinski definition) is 3. The van der Waals surface area contributed by atoms with Gasteiger partial charge in [0.05, 0.1) is 18.3 Å². The van der Waals surface area contributed by atoms with E-state index in [2.05, 4.69) is 30.3 Å². The van der Waals surface area contributed by atoms with Crippen LogP contribution in [0.5, 0.6) is 0 Å². The fraction of sp³-hybridized carbons (Fsp3) is 0.750. The first-order valence-corrected chi connectivity index (χ1v) is 5.87. The maximum atomic E-state index is 5.24. The molecule has 16 heavy (non-hydrogen) atoms. The van der Waals surface area contributed by atoms with Crippen molar-refractivity contribution in [1.29, 1.82) is 0 Å². The van der Waals surface area contributed by atoms with Gasteiger partial charge in [-0.05, 0) is 25.5 Å². The predicted molar refractivity (Wildman–Crippen MR) is 65.2 cm³/mol. The van der Waals surface area contributed by atoms with Crippen LogP contribution in [-0.2, 0) is 17.8 Å². The molecule has 0 amide bonds. The zero-order valence-corrected chi connectivity index (χ0v) is 10.7. The van der Waals surface area contributed by atoms with Crippen LogP contribution < -0.4 is 5.32 Å². The Bertz CT molecular complexity index is 296. The standard InChI is InChI=1S/C12H23N3O/c1-10(2)7-13-8-12-5-6-14-15(12)9-11(3)16-4/h5-6,10-11,13H,7-9H2,1-4H3. The average Bonchev–Trinajstić information content (AvgIpc) is 2.65. The molecule has 0 aliphatic heterocycles. The Balaban J connectivity index is 2.44. The Labute approximate surface area is 98.0 Å². The lowest BCUT2D eigenvalue weighted by molar-refractivity contribution is 0.0988. The summed E-state index contributed by atoms with van der Waals surface area (Å²) in [4.78, 5) is 0. The van der Waals surface area contributed by atoms with Crippen LogP contribution in [0.4, 0.5) is 0 Å². The van der Waals surface area contributed by atoms with Gasteiger partial charge in [-0.25, -0.2) is 0 Å². The summed E-state index contributed by atoms with van der Waals surface area (Å²) < 4.78 is 7.24. The Hall–Kier alpha value is -0.870. The fourth-order valence-electron chi connectivity index (χ4n) is 1.48. The molecule has 1 atom stereocenters. The number of nitrogens with one attached hydrogen (secondary N) is 1. The normalized spacial score (nSPS) is 13.3. The second-order valence-electron chi connectivity index (χ2n) is 4.58. The summed E-state index contributed by atoms with van der Waals surface area (Å²) in [6.07, 6.45) is 2.04. The average molecular weight is 225 g/mol. The van der Waals surface area contributed by atoms with E-state index in [0.717, 1.165) is 19.6 Å². The number of methoxy groups -OCH3 is 1. The predicted octanol–water partition coefficient (Wildman–Crippen LogP) is 1.66. The molecule has 0 fully saturated rings. The topological polar surface area (TPSA) is 39.1 Å². The third-order valence-electron chi connectivity index (χ3n) is 2.50. The summed E-state index contributed by atoms with van der Waals surface area (Å²) in [5.74, 6) is 0.675. The smallest absolute Gasteiger partial charge is 0.0739 e. The van der Waals surface area contributed by atoms with E-state index in [4.69, 9.17) is 4.74 Å². The molecule has 1 rings (SSSR count). The Morgan fingerprint density at radius 2 is 2.19 bits per heavy atom. The molecule has 1 heterocycles. The van der Waals surface area contributed by atoms with Crippen molar-refractivity contribution < 1.29 is 4.74 Å². The van der Waals surface area contributed by atoms with Gasteiger partial charge in [0.25, 0.3) is 0 Å². The van der Waals surface area contributed by atoms with Crippen LogP contribution in [0.3, 0.4) is 0 Å². The molecular weight excluding hydrogens is 202 g/mol. The van der Waals surface area contributed by atoms with Gasteiger partial charge in [0.1, 0.15) is 0 Å². The highest BCUT2D eigenvalue weighted by molar-refractivity contribution is 5.00. The Morgan fingerprint density at radius 3 is 2.81 bits per heavy atom. The molecule has 0 aliphatic rings. The van der Waals surface area contributed by atoms with E-state index < -0.39 is 0 Å². The van der Waals surface area contributed by atoms with Gasteiger partial charge in [-0.3, -0.25) is 4.68 Å². The maximum Gasteiger partial charge on any atom is 0.0739 e. The summed E-state index contributed by atoms with van der Waals surface area (Å²) in [6.45, 7) is 9.17. The van der Waals surface area contributed by atoms with Gasteiger partial charge in [0.15, 0.2) is 0 Å². The largest absolute Gasteiger partial charge is 0.380 e. The minimum atomic E-state index is 0.198. The van der Waals surface area contributed by atoms with Crippen molar-refractivity contribution >= 4 is 0 Å². The first kappa shape index (κ1) is 13.2. The van der Waals surface area contributed by atoms with Crippen LogP contribution in [0.15, 0.2) is 12.3 Å². The first-order valence-electron chi connectivity index (χ1n) is 5.87. The van der Waals surface area contributed by atoms with E-state index in [1.807, 2.05) is 17.8 Å². The van der Waals surface area contributed by atoms with E-state index in [-0.39, 0.29) is 6.10 Å². The molecule has 1 N–H and O–H groups in total. The van der Waals surface area contributed by atoms with E-state index in [0.29, 0.717) is 5.92 Å². The molecule has 4 heteroatoms. The molecule has 0 bridgehead atoms. The SMILES string of the molecule is COC(C)Cn1nccc1CNCC(C)C. The second-order valence-corrected chi connectivity index (χ2v) is 4.58. The second kappa shape index (κ2) is 6.66. The number of rotatable bonds is 7. The van der Waals surface area contributed by atoms with Crippen molar-refractivity contribution in [3.63, 3.8) is 0 Å². The first-order chi connectivity index (χ1) is 7.63. The third-order valence-corrected chi connectivity index (χ3v) is 2.50. The van der Waals surface area contributed by atoms with Gasteiger partial charge in [0, 0.05) is 19.9 Å². The summed E-state index contributed by atoms with van der Waals surface area (Å²) in [5, 5.41) is 7.72. The summed E-state index contributed by atoms with van der Waals surface area (Å²) >= 11 is 0. The van der Waals surface area contributed by atoms with E-state index in [1.165, 1.54) is 5.69 Å². The summed E-state index contributed by atoms with van der Waals surface area (Å²) in [7, 11) is 1.73. The van der Waals surface area contributed by atoms with Crippen molar-refractivity contribution in [1.82, 2.24) is 15.1 Å². The molecule has 1 aromatic rings. The van der Waals surface area contributed by atoms with Crippen LogP contribution >= 0.6 is 0 Å². The zero-order chi connectivity index (χ0) is 12.0. The molecule has 0 spiro atoms. The molecule has 1 unspecified atom stereocenters. The van der Waals surface area contributed by atoms with Gasteiger partial charge in [-0.15, -0.1) is 0 Å². The molecule has 0 radical (unpaired) electrons. The third kappa shape index (κ3) is 4.33. The quantitative estimate of drug-likeness (QED) is 0.767. The molecule has 0 saturated carbocycles. The Kier molecular flexibility index (Phi) is 5.49. The van der Waals surface area contributed by atoms with Crippen molar-refractivity contribution in [3.8, 4) is 0 Å². The number of hydrogen-bond donors (Lipinski definition) is 1. The Morgan fingerprint density at radius 1 is 1.44 bits per heavy atom. The maximum absolute atomic E-state index is 5.24. The molecule has 0 aliphatic carbocycles. The minimum Gasteiger partial charge on any atom is -0.380 e. The van der Waals surface area contributed by atoms with Gasteiger partial charge in [0.2, 0.25) is 0 Å². The lowest BCUT2D eigenvalue weighted by Crippen LogP contribution is -2.23. The van der Waals surface area contributed by atoms with E-state index >= 15 is 0 Å². The van der Waals surface area contributed by atoms with Crippen molar-refractivity contribution in [3.05, 3.63) is 18.0 Å². The van der Waals surface area contributed by atoms with E-state index in [9.17, 15) is 0 Å². The lowest BCUT2D eigenvalue weighted by atomic mass is 10.2. The minimum absolute atomic E-state index is 0.198. The van der Waals surface area contributed by atoms with Crippen LogP contribution in [0.1, 0.15) is 26.5 Å². The van der Waals surface area contributed by atoms with Gasteiger partial charge < -0.3 is 10.1 Å². The highest BCUT2D eigenvalue weighted by Crippen LogP contribution is 2.02. The van der Waals surface area contributed by atoms with Crippen LogP contribution in [-0.4, -0.2) is 29.5 Å². The number of aromatic nitrogens is 2. The summed E-state index contributed by atoms with van der Waals surface area (Å²) in [5.41, 5.74) is 1.21. The van der Waals surface area contributed by atoms with Crippen LogP contribution in [0.2, 0.25) is 0 Å². The lowest BCUT2D eigenvalue weighted by Gasteiger charge is -2.13. The van der Waals surface area contributed by atoms with Crippen molar-refractivity contribution in [2.75, 3.05) is 13.7 Å². The van der Waals surface area contributed by atoms with Crippen LogP contribution in [0.25, 0.3) is 0 Å². The fourth-order valence-corrected chi connectivity index (χ4v) is 1.48. The van der Waals surface area contributed by atoms with Gasteiger partial charge in [-0.1, -0.05) is 13.8 Å². The van der Waals surface area contributed by atoms with Crippen molar-refractivity contribution in [2.45, 2.75) is 40.0 Å². The molecule has 0 saturated heterocycles. The molecule has 1 aromatic heterocycles. The molecule has 0 aromatic carbocycles. The monoisotopic (exact) mass is 225 g/mol. The van der Waals surface area contributed by atoms with Gasteiger partial charge in [-0.2, -0.15) is 5.10 Å². The number of nitrogens with zero attached hydrogens (tertiary/aromatic N) is 2. The number of ether oxygens (including phenoxy) is 1. The van der Waals surface area contributed by atoms with Gasteiger partial charge >= 0.3 is 0 Å². The highest BCUT2D eigenvalue weighted by atomic mass is 16.5. The van der Waals surface area contributed by atoms with Crippen LogP contribution in [0, 0.1) is 5.92 Å². The highest BCUT2D eigenvalue weighted by Gasteiger charge is 2.06. The molecule has 92 valence electrons. The van der Waals surface area contributed by atoms with Crippen molar-refractivity contribution in [2.24, 2.45) is 5.92 Å². The zero-order valence-electron chi connectivity index (χ0n) is 10.7. The summed E-state index contributed by atoms with van der Waals surface area (Å²) in [6, 6.07) is 2.05. The molecule has 4 nitrogen and oxygen atoms in total. The molecular formula is C12H23N3O.